The monoisotopic (exact) mass is 208 g/mol. The van der Waals surface area contributed by atoms with E-state index in [2.05, 4.69) is 6.92 Å². The van der Waals surface area contributed by atoms with Gasteiger partial charge in [0.05, 0.1) is 6.10 Å². The molecule has 78 valence electrons. The smallest absolute Gasteiger partial charge is 0.302 e. The Kier molecular flexibility index (Phi) is 3.93. The molecule has 1 unspecified atom stereocenters. The maximum absolute atomic E-state index is 12.7. The lowest BCUT2D eigenvalue weighted by molar-refractivity contribution is 0.125. The molecule has 0 aromatic carbocycles. The van der Waals surface area contributed by atoms with Crippen LogP contribution in [0.15, 0.2) is 0 Å². The van der Waals surface area contributed by atoms with Crippen LogP contribution >= 0.6 is 7.68 Å². The molecule has 0 heterocycles. The minimum Gasteiger partial charge on any atom is -0.302 e. The molecule has 0 aromatic rings. The molecule has 0 aliphatic heterocycles. The van der Waals surface area contributed by atoms with Crippen LogP contribution < -0.4 is 0 Å². The fraction of sp³-hybridized carbons (Fsp3) is 1.00. The van der Waals surface area contributed by atoms with Gasteiger partial charge in [-0.1, -0.05) is 13.3 Å². The van der Waals surface area contributed by atoms with Crippen molar-refractivity contribution in [2.24, 2.45) is 5.92 Å². The Morgan fingerprint density at radius 1 is 1.38 bits per heavy atom. The van der Waals surface area contributed by atoms with Gasteiger partial charge in [0.15, 0.2) is 0 Å². The Hall–Kier alpha value is 0.120. The predicted octanol–water partition coefficient (Wildman–Crippen LogP) is 3.76. The van der Waals surface area contributed by atoms with E-state index in [1.54, 1.807) is 0 Å². The molecule has 1 fully saturated rings. The summed E-state index contributed by atoms with van der Waals surface area (Å²) in [5, 5.41) is 0. The molecule has 1 saturated carbocycles. The van der Waals surface area contributed by atoms with Gasteiger partial charge in [0.25, 0.3) is 0 Å². The highest BCUT2D eigenvalue weighted by Gasteiger charge is 2.25. The highest BCUT2D eigenvalue weighted by Crippen LogP contribution is 2.47. The maximum atomic E-state index is 12.7. The average molecular weight is 208 g/mol. The summed E-state index contributed by atoms with van der Waals surface area (Å²) in [6.45, 7) is 3.21. The Bertz CT molecular complexity index is 194. The van der Waals surface area contributed by atoms with Crippen LogP contribution in [0.4, 0.5) is 4.20 Å². The van der Waals surface area contributed by atoms with Crippen molar-refractivity contribution in [3.63, 3.8) is 0 Å². The summed E-state index contributed by atoms with van der Waals surface area (Å²) in [7, 11) is -3.76. The summed E-state index contributed by atoms with van der Waals surface area (Å²) in [4.78, 5) is 0. The molecule has 0 amide bonds. The van der Waals surface area contributed by atoms with Crippen molar-refractivity contribution >= 4 is 7.68 Å². The molecule has 1 aliphatic rings. The van der Waals surface area contributed by atoms with E-state index >= 15 is 0 Å². The molecule has 0 bridgehead atoms. The lowest BCUT2D eigenvalue weighted by atomic mass is 9.86. The van der Waals surface area contributed by atoms with Gasteiger partial charge in [-0.05, 0) is 31.6 Å². The van der Waals surface area contributed by atoms with Gasteiger partial charge in [-0.2, -0.15) is 4.20 Å². The lowest BCUT2D eigenvalue weighted by Gasteiger charge is -2.27. The number of rotatable bonds is 3. The first-order chi connectivity index (χ1) is 6.01. The molecule has 0 N–H and O–H groups in total. The third-order valence-electron chi connectivity index (χ3n) is 2.71. The fourth-order valence-electron chi connectivity index (χ4n) is 1.91. The van der Waals surface area contributed by atoms with Crippen molar-refractivity contribution in [1.82, 2.24) is 0 Å². The molecule has 1 atom stereocenters. The van der Waals surface area contributed by atoms with Crippen LogP contribution in [0.5, 0.6) is 0 Å². The first kappa shape index (κ1) is 11.2. The molecular formula is C9H18FO2P. The van der Waals surface area contributed by atoms with Crippen molar-refractivity contribution in [2.75, 3.05) is 6.66 Å². The van der Waals surface area contributed by atoms with Crippen molar-refractivity contribution in [3.05, 3.63) is 0 Å². The summed E-state index contributed by atoms with van der Waals surface area (Å²) in [5.74, 6) is 0.760. The first-order valence-corrected chi connectivity index (χ1v) is 6.93. The van der Waals surface area contributed by atoms with Crippen LogP contribution in [-0.4, -0.2) is 12.8 Å². The van der Waals surface area contributed by atoms with E-state index in [0.717, 1.165) is 38.3 Å². The number of hydrogen-bond acceptors (Lipinski definition) is 2. The second kappa shape index (κ2) is 4.56. The number of halogens is 1. The van der Waals surface area contributed by atoms with Crippen LogP contribution in [0, 0.1) is 5.92 Å². The Morgan fingerprint density at radius 2 is 1.92 bits per heavy atom. The Labute approximate surface area is 79.4 Å². The van der Waals surface area contributed by atoms with Crippen LogP contribution in [-0.2, 0) is 9.09 Å². The van der Waals surface area contributed by atoms with Crippen LogP contribution in [0.1, 0.15) is 39.0 Å². The molecule has 1 rings (SSSR count). The zero-order chi connectivity index (χ0) is 9.90. The van der Waals surface area contributed by atoms with E-state index in [1.807, 2.05) is 0 Å². The fourth-order valence-corrected chi connectivity index (χ4v) is 2.66. The topological polar surface area (TPSA) is 26.3 Å². The highest BCUT2D eigenvalue weighted by atomic mass is 31.2. The van der Waals surface area contributed by atoms with Crippen LogP contribution in [0.2, 0.25) is 0 Å². The van der Waals surface area contributed by atoms with Crippen LogP contribution in [0.3, 0.4) is 0 Å². The van der Waals surface area contributed by atoms with E-state index in [-0.39, 0.29) is 6.10 Å². The molecule has 0 radical (unpaired) electrons. The second-order valence-corrected chi connectivity index (χ2v) is 5.61. The molecule has 1 aliphatic carbocycles. The minimum atomic E-state index is -3.76. The van der Waals surface area contributed by atoms with Crippen molar-refractivity contribution in [3.8, 4) is 0 Å². The predicted molar refractivity (Wildman–Crippen MR) is 51.8 cm³/mol. The van der Waals surface area contributed by atoms with Crippen molar-refractivity contribution < 1.29 is 13.3 Å². The van der Waals surface area contributed by atoms with Gasteiger partial charge >= 0.3 is 7.68 Å². The molecule has 4 heteroatoms. The van der Waals surface area contributed by atoms with Gasteiger partial charge in [-0.3, -0.25) is 4.57 Å². The largest absolute Gasteiger partial charge is 0.364 e. The zero-order valence-electron chi connectivity index (χ0n) is 8.33. The third-order valence-corrected chi connectivity index (χ3v) is 3.38. The van der Waals surface area contributed by atoms with E-state index in [4.69, 9.17) is 4.52 Å². The summed E-state index contributed by atoms with van der Waals surface area (Å²) >= 11 is 0. The molecule has 0 aromatic heterocycles. The summed E-state index contributed by atoms with van der Waals surface area (Å²) < 4.78 is 28.3. The SMILES string of the molecule is CCC1CCC(OP(C)(=O)F)CC1. The molecule has 13 heavy (non-hydrogen) atoms. The number of hydrogen-bond donors (Lipinski definition) is 0. The maximum Gasteiger partial charge on any atom is 0.364 e. The van der Waals surface area contributed by atoms with Gasteiger partial charge < -0.3 is 4.52 Å². The normalized spacial score (nSPS) is 34.1. The lowest BCUT2D eigenvalue weighted by Crippen LogP contribution is -2.19. The van der Waals surface area contributed by atoms with Crippen molar-refractivity contribution in [1.29, 1.82) is 0 Å². The van der Waals surface area contributed by atoms with Gasteiger partial charge in [0.1, 0.15) is 0 Å². The molecule has 0 saturated heterocycles. The van der Waals surface area contributed by atoms with E-state index in [0.29, 0.717) is 0 Å². The van der Waals surface area contributed by atoms with Crippen molar-refractivity contribution in [2.45, 2.75) is 45.1 Å². The van der Waals surface area contributed by atoms with Gasteiger partial charge in [-0.15, -0.1) is 0 Å². The third kappa shape index (κ3) is 4.24. The quantitative estimate of drug-likeness (QED) is 0.660. The van der Waals surface area contributed by atoms with Gasteiger partial charge in [0.2, 0.25) is 0 Å². The Balaban J connectivity index is 2.29. The first-order valence-electron chi connectivity index (χ1n) is 4.97. The summed E-state index contributed by atoms with van der Waals surface area (Å²) in [6.07, 6.45) is 4.97. The standard InChI is InChI=1S/C9H18FO2P/c1-3-8-4-6-9(7-5-8)12-13(2,10)11/h8-9H,3-7H2,1-2H3. The minimum absolute atomic E-state index is 0.108. The molecule has 2 nitrogen and oxygen atoms in total. The summed E-state index contributed by atoms with van der Waals surface area (Å²) in [5.41, 5.74) is 0. The van der Waals surface area contributed by atoms with E-state index < -0.39 is 7.68 Å². The van der Waals surface area contributed by atoms with E-state index in [1.165, 1.54) is 6.42 Å². The second-order valence-electron chi connectivity index (χ2n) is 3.90. The zero-order valence-corrected chi connectivity index (χ0v) is 9.23. The molecular weight excluding hydrogens is 190 g/mol. The molecule has 0 spiro atoms. The Morgan fingerprint density at radius 3 is 2.31 bits per heavy atom. The van der Waals surface area contributed by atoms with Gasteiger partial charge in [-0.25, -0.2) is 0 Å². The average Bonchev–Trinajstić information content (AvgIpc) is 2.03. The summed E-state index contributed by atoms with van der Waals surface area (Å²) in [6, 6.07) is 0. The highest BCUT2D eigenvalue weighted by molar-refractivity contribution is 7.52. The van der Waals surface area contributed by atoms with E-state index in [9.17, 15) is 8.76 Å². The van der Waals surface area contributed by atoms with Gasteiger partial charge in [0, 0.05) is 6.66 Å². The van der Waals surface area contributed by atoms with Crippen LogP contribution in [0.25, 0.3) is 0 Å².